The van der Waals surface area contributed by atoms with Crippen LogP contribution in [0.2, 0.25) is 0 Å². The van der Waals surface area contributed by atoms with Crippen molar-refractivity contribution >= 4 is 22.9 Å². The zero-order valence-electron chi connectivity index (χ0n) is 13.4. The van der Waals surface area contributed by atoms with E-state index in [0.29, 0.717) is 11.9 Å². The van der Waals surface area contributed by atoms with Crippen LogP contribution in [-0.2, 0) is 5.88 Å². The topological polar surface area (TPSA) is 22.6 Å². The minimum atomic E-state index is 0.461. The van der Waals surface area contributed by atoms with Crippen LogP contribution in [0, 0.1) is 0 Å². The fourth-order valence-electron chi connectivity index (χ4n) is 2.77. The largest absolute Gasteiger partial charge is 0.308 e. The number of likely N-dealkylation sites (N-methyl/N-ethyl adjacent to an activating group) is 1. The molecule has 1 atom stereocenters. The zero-order chi connectivity index (χ0) is 15.2. The van der Waals surface area contributed by atoms with Gasteiger partial charge >= 0.3 is 0 Å². The molecule has 1 saturated heterocycles. The molecule has 0 bridgehead atoms. The summed E-state index contributed by atoms with van der Waals surface area (Å²) < 4.78 is 0. The van der Waals surface area contributed by atoms with Crippen LogP contribution in [0.3, 0.4) is 0 Å². The van der Waals surface area contributed by atoms with Crippen molar-refractivity contribution in [3.8, 4) is 0 Å². The van der Waals surface area contributed by atoms with Gasteiger partial charge in [-0.1, -0.05) is 6.92 Å². The Labute approximate surface area is 137 Å². The van der Waals surface area contributed by atoms with E-state index in [2.05, 4.69) is 46.1 Å². The molecule has 1 aliphatic heterocycles. The van der Waals surface area contributed by atoms with Crippen molar-refractivity contribution in [1.29, 1.82) is 0 Å². The smallest absolute Gasteiger partial charge is 0.110 e. The van der Waals surface area contributed by atoms with Gasteiger partial charge in [-0.15, -0.1) is 22.9 Å². The maximum absolute atomic E-state index is 5.87. The normalized spacial score (nSPS) is 19.3. The van der Waals surface area contributed by atoms with Gasteiger partial charge in [0.2, 0.25) is 0 Å². The van der Waals surface area contributed by atoms with Gasteiger partial charge in [0.25, 0.3) is 0 Å². The number of rotatable bonds is 7. The first-order valence-corrected chi connectivity index (χ1v) is 9.16. The van der Waals surface area contributed by atoms with Crippen LogP contribution in [0.1, 0.15) is 30.1 Å². The molecule has 120 valence electrons. The lowest BCUT2D eigenvalue weighted by molar-refractivity contribution is 0.0895. The van der Waals surface area contributed by atoms with Crippen molar-refractivity contribution in [1.82, 2.24) is 19.7 Å². The van der Waals surface area contributed by atoms with Gasteiger partial charge < -0.3 is 4.90 Å². The standard InChI is InChI=1S/C15H27ClN4S/c1-4-14(15-17-13(11-16)12-21-15)20-9-7-19(8-10-20)6-5-18(2)3/h12,14H,4-11H2,1-3H3. The van der Waals surface area contributed by atoms with Crippen molar-refractivity contribution in [2.45, 2.75) is 25.3 Å². The average Bonchev–Trinajstić information content (AvgIpc) is 2.96. The lowest BCUT2D eigenvalue weighted by Crippen LogP contribution is -2.48. The van der Waals surface area contributed by atoms with Crippen LogP contribution < -0.4 is 0 Å². The summed E-state index contributed by atoms with van der Waals surface area (Å²) in [7, 11) is 4.28. The van der Waals surface area contributed by atoms with Gasteiger partial charge in [0, 0.05) is 44.6 Å². The van der Waals surface area contributed by atoms with Crippen molar-refractivity contribution in [3.63, 3.8) is 0 Å². The van der Waals surface area contributed by atoms with E-state index in [4.69, 9.17) is 11.6 Å². The molecule has 1 aromatic rings. The molecular weight excluding hydrogens is 304 g/mol. The Morgan fingerprint density at radius 3 is 2.57 bits per heavy atom. The Kier molecular flexibility index (Phi) is 6.89. The fourth-order valence-corrected chi connectivity index (χ4v) is 4.03. The number of thiazole rings is 1. The molecule has 2 heterocycles. The predicted molar refractivity (Wildman–Crippen MR) is 91.3 cm³/mol. The summed E-state index contributed by atoms with van der Waals surface area (Å²) in [5.41, 5.74) is 1.01. The van der Waals surface area contributed by atoms with Gasteiger partial charge in [0.15, 0.2) is 0 Å². The first-order valence-electron chi connectivity index (χ1n) is 7.75. The highest BCUT2D eigenvalue weighted by atomic mass is 35.5. The predicted octanol–water partition coefficient (Wildman–Crippen LogP) is 2.51. The summed E-state index contributed by atoms with van der Waals surface area (Å²) in [4.78, 5) is 12.1. The molecule has 1 aromatic heterocycles. The quantitative estimate of drug-likeness (QED) is 0.716. The van der Waals surface area contributed by atoms with Crippen molar-refractivity contribution in [2.24, 2.45) is 0 Å². The lowest BCUT2D eigenvalue weighted by Gasteiger charge is -2.38. The molecule has 0 aliphatic carbocycles. The van der Waals surface area contributed by atoms with E-state index in [1.165, 1.54) is 11.6 Å². The molecule has 1 fully saturated rings. The van der Waals surface area contributed by atoms with Gasteiger partial charge in [-0.3, -0.25) is 9.80 Å². The molecule has 1 aliphatic rings. The molecule has 6 heteroatoms. The molecule has 4 nitrogen and oxygen atoms in total. The molecule has 0 radical (unpaired) electrons. The lowest BCUT2D eigenvalue weighted by atomic mass is 10.1. The maximum atomic E-state index is 5.87. The third kappa shape index (κ3) is 4.89. The second-order valence-corrected chi connectivity index (χ2v) is 7.07. The van der Waals surface area contributed by atoms with Crippen LogP contribution >= 0.6 is 22.9 Å². The SMILES string of the molecule is CCC(c1nc(CCl)cs1)N1CCN(CCN(C)C)CC1. The van der Waals surface area contributed by atoms with Crippen LogP contribution in [0.15, 0.2) is 5.38 Å². The molecule has 0 amide bonds. The molecular formula is C15H27ClN4S. The summed E-state index contributed by atoms with van der Waals surface area (Å²) >= 11 is 7.63. The van der Waals surface area contributed by atoms with Crippen LogP contribution in [0.25, 0.3) is 0 Å². The van der Waals surface area contributed by atoms with Gasteiger partial charge in [-0.25, -0.2) is 4.98 Å². The minimum Gasteiger partial charge on any atom is -0.308 e. The molecule has 2 rings (SSSR count). The summed E-state index contributed by atoms with van der Waals surface area (Å²) in [6.07, 6.45) is 1.12. The number of piperazine rings is 1. The molecule has 0 aromatic carbocycles. The van der Waals surface area contributed by atoms with Gasteiger partial charge in [0.05, 0.1) is 17.6 Å². The number of hydrogen-bond acceptors (Lipinski definition) is 5. The van der Waals surface area contributed by atoms with E-state index < -0.39 is 0 Å². The first kappa shape index (κ1) is 17.2. The Morgan fingerprint density at radius 1 is 1.33 bits per heavy atom. The van der Waals surface area contributed by atoms with E-state index in [-0.39, 0.29) is 0 Å². The second-order valence-electron chi connectivity index (χ2n) is 5.92. The maximum Gasteiger partial charge on any atom is 0.110 e. The summed E-state index contributed by atoms with van der Waals surface area (Å²) in [6, 6.07) is 0.461. The summed E-state index contributed by atoms with van der Waals surface area (Å²) in [5, 5.41) is 3.33. The molecule has 21 heavy (non-hydrogen) atoms. The van der Waals surface area contributed by atoms with Gasteiger partial charge in [-0.2, -0.15) is 0 Å². The van der Waals surface area contributed by atoms with Crippen molar-refractivity contribution in [3.05, 3.63) is 16.1 Å². The van der Waals surface area contributed by atoms with Crippen LogP contribution in [0.4, 0.5) is 0 Å². The van der Waals surface area contributed by atoms with Crippen LogP contribution in [-0.4, -0.2) is 73.0 Å². The highest BCUT2D eigenvalue weighted by Gasteiger charge is 2.25. The Morgan fingerprint density at radius 2 is 2.05 bits per heavy atom. The molecule has 0 N–H and O–H groups in total. The van der Waals surface area contributed by atoms with E-state index in [1.807, 2.05) is 0 Å². The van der Waals surface area contributed by atoms with E-state index in [9.17, 15) is 0 Å². The van der Waals surface area contributed by atoms with Crippen molar-refractivity contribution in [2.75, 3.05) is 53.4 Å². The number of aromatic nitrogens is 1. The number of halogens is 1. The van der Waals surface area contributed by atoms with Crippen molar-refractivity contribution < 1.29 is 0 Å². The van der Waals surface area contributed by atoms with Gasteiger partial charge in [0.1, 0.15) is 5.01 Å². The van der Waals surface area contributed by atoms with E-state index >= 15 is 0 Å². The van der Waals surface area contributed by atoms with Gasteiger partial charge in [-0.05, 0) is 20.5 Å². The van der Waals surface area contributed by atoms with E-state index in [0.717, 1.165) is 44.8 Å². The fraction of sp³-hybridized carbons (Fsp3) is 0.800. The van der Waals surface area contributed by atoms with E-state index in [1.54, 1.807) is 11.3 Å². The Hall–Kier alpha value is -0.200. The third-order valence-electron chi connectivity index (χ3n) is 4.09. The third-order valence-corrected chi connectivity index (χ3v) is 5.36. The summed E-state index contributed by atoms with van der Waals surface area (Å²) in [6.45, 7) is 9.18. The Balaban J connectivity index is 1.87. The van der Waals surface area contributed by atoms with Crippen LogP contribution in [0.5, 0.6) is 0 Å². The highest BCUT2D eigenvalue weighted by Crippen LogP contribution is 2.28. The molecule has 0 spiro atoms. The number of nitrogens with zero attached hydrogens (tertiary/aromatic N) is 4. The second kappa shape index (κ2) is 8.44. The summed E-state index contributed by atoms with van der Waals surface area (Å²) in [5.74, 6) is 0.519. The first-order chi connectivity index (χ1) is 10.1. The molecule has 1 unspecified atom stereocenters. The minimum absolute atomic E-state index is 0.461. The monoisotopic (exact) mass is 330 g/mol. The average molecular weight is 331 g/mol. The number of alkyl halides is 1. The molecule has 0 saturated carbocycles. The number of hydrogen-bond donors (Lipinski definition) is 0. The zero-order valence-corrected chi connectivity index (χ0v) is 15.0. The highest BCUT2D eigenvalue weighted by molar-refractivity contribution is 7.09. The Bertz CT molecular complexity index is 416.